The normalized spacial score (nSPS) is 20.7. The second-order valence-corrected chi connectivity index (χ2v) is 7.93. The molecule has 0 aliphatic carbocycles. The fraction of sp³-hybridized carbons (Fsp3) is 0.619. The number of hydrogen-bond acceptors (Lipinski definition) is 12. The number of nitrogens with two attached hydrogens (primary N) is 1. The molecule has 0 saturated heterocycles. The minimum Gasteiger partial charge on any atom is -0.477 e. The topological polar surface area (TPSA) is 179 Å². The second-order valence-electron chi connectivity index (χ2n) is 7.41. The Hall–Kier alpha value is -3.26. The first kappa shape index (κ1) is 29.8. The third kappa shape index (κ3) is 10.3. The summed E-state index contributed by atoms with van der Waals surface area (Å²) in [7, 11) is 1.12. The maximum absolute atomic E-state index is 12.3. The van der Waals surface area contributed by atoms with Gasteiger partial charge in [-0.1, -0.05) is 12.2 Å². The highest BCUT2D eigenvalue weighted by Crippen LogP contribution is 2.28. The Morgan fingerprint density at radius 2 is 1.71 bits per heavy atom. The summed E-state index contributed by atoms with van der Waals surface area (Å²) < 4.78 is 31.9. The van der Waals surface area contributed by atoms with Crippen LogP contribution in [0.4, 0.5) is 0 Å². The summed E-state index contributed by atoms with van der Waals surface area (Å²) >= 11 is 4.85. The molecule has 1 aliphatic heterocycles. The van der Waals surface area contributed by atoms with Crippen molar-refractivity contribution in [2.24, 2.45) is 5.73 Å². The highest BCUT2D eigenvalue weighted by molar-refractivity contribution is 7.80. The molecular weight excluding hydrogens is 488 g/mol. The van der Waals surface area contributed by atoms with Gasteiger partial charge in [-0.2, -0.15) is 0 Å². The van der Waals surface area contributed by atoms with Crippen molar-refractivity contribution in [1.29, 1.82) is 0 Å². The van der Waals surface area contributed by atoms with Crippen molar-refractivity contribution < 1.29 is 52.4 Å². The number of hydrogen-bond donors (Lipinski definition) is 2. The fourth-order valence-corrected chi connectivity index (χ4v) is 3.27. The maximum atomic E-state index is 12.3. The first-order valence-electron chi connectivity index (χ1n) is 10.5. The molecule has 1 heterocycles. The van der Waals surface area contributed by atoms with Crippen LogP contribution in [-0.2, 0) is 52.4 Å². The van der Waals surface area contributed by atoms with Crippen molar-refractivity contribution >= 4 is 47.0 Å². The number of amides is 1. The average molecular weight is 519 g/mol. The maximum Gasteiger partial charge on any atom is 0.373 e. The molecule has 0 aromatic carbocycles. The lowest BCUT2D eigenvalue weighted by molar-refractivity contribution is -0.191. The molecule has 14 heteroatoms. The third-order valence-electron chi connectivity index (χ3n) is 4.46. The van der Waals surface area contributed by atoms with E-state index >= 15 is 0 Å². The lowest BCUT2D eigenvalue weighted by Gasteiger charge is -2.41. The van der Waals surface area contributed by atoms with Gasteiger partial charge in [-0.25, -0.2) is 4.79 Å². The van der Waals surface area contributed by atoms with Gasteiger partial charge in [0.05, 0.1) is 24.7 Å². The van der Waals surface area contributed by atoms with Crippen molar-refractivity contribution in [3.63, 3.8) is 0 Å². The van der Waals surface area contributed by atoms with E-state index in [1.165, 1.54) is 13.0 Å². The molecule has 35 heavy (non-hydrogen) atoms. The molecule has 0 fully saturated rings. The SMILES string of the molecule is COC(=O)C1=CC(OCCC(N)=S)C(NC(C)=O)[C@H](C(OC(C)=O)C(COC(C)=O)OC(C)=O)O1. The van der Waals surface area contributed by atoms with Crippen LogP contribution in [-0.4, -0.2) is 85.6 Å². The van der Waals surface area contributed by atoms with Crippen LogP contribution in [0, 0.1) is 0 Å². The summed E-state index contributed by atoms with van der Waals surface area (Å²) in [6.45, 7) is 4.06. The van der Waals surface area contributed by atoms with Crippen LogP contribution in [0.3, 0.4) is 0 Å². The van der Waals surface area contributed by atoms with Crippen molar-refractivity contribution in [3.05, 3.63) is 11.8 Å². The average Bonchev–Trinajstić information content (AvgIpc) is 2.74. The Balaban J connectivity index is 3.54. The van der Waals surface area contributed by atoms with Crippen LogP contribution in [0.15, 0.2) is 11.8 Å². The molecule has 0 radical (unpaired) electrons. The minimum absolute atomic E-state index is 0.0206. The predicted molar refractivity (Wildman–Crippen MR) is 121 cm³/mol. The Morgan fingerprint density at radius 1 is 1.09 bits per heavy atom. The molecular formula is C21H30N2O11S. The lowest BCUT2D eigenvalue weighted by Crippen LogP contribution is -2.62. The van der Waals surface area contributed by atoms with E-state index < -0.39 is 66.8 Å². The minimum atomic E-state index is -1.46. The Morgan fingerprint density at radius 3 is 2.20 bits per heavy atom. The van der Waals surface area contributed by atoms with Gasteiger partial charge in [0.25, 0.3) is 0 Å². The van der Waals surface area contributed by atoms with Gasteiger partial charge >= 0.3 is 23.9 Å². The number of carbonyl (C=O) groups excluding carboxylic acids is 5. The number of methoxy groups -OCH3 is 1. The highest BCUT2D eigenvalue weighted by Gasteiger charge is 2.48. The van der Waals surface area contributed by atoms with Crippen LogP contribution < -0.4 is 11.1 Å². The Kier molecular flexibility index (Phi) is 12.1. The Labute approximate surface area is 207 Å². The molecule has 0 spiro atoms. The van der Waals surface area contributed by atoms with E-state index in [1.807, 2.05) is 0 Å². The Bertz CT molecular complexity index is 860. The number of thiocarbonyl (C=S) groups is 1. The number of rotatable bonds is 12. The van der Waals surface area contributed by atoms with Crippen molar-refractivity contribution in [2.75, 3.05) is 20.3 Å². The molecule has 3 N–H and O–H groups in total. The summed E-state index contributed by atoms with van der Waals surface area (Å²) in [5.41, 5.74) is 5.51. The smallest absolute Gasteiger partial charge is 0.373 e. The van der Waals surface area contributed by atoms with Gasteiger partial charge in [0, 0.05) is 34.1 Å². The summed E-state index contributed by atoms with van der Waals surface area (Å²) in [4.78, 5) is 59.7. The fourth-order valence-electron chi connectivity index (χ4n) is 3.19. The van der Waals surface area contributed by atoms with E-state index in [2.05, 4.69) is 5.32 Å². The highest BCUT2D eigenvalue weighted by atomic mass is 32.1. The third-order valence-corrected chi connectivity index (χ3v) is 4.67. The van der Waals surface area contributed by atoms with E-state index in [-0.39, 0.29) is 23.8 Å². The zero-order chi connectivity index (χ0) is 26.7. The molecule has 196 valence electrons. The van der Waals surface area contributed by atoms with Crippen LogP contribution in [0.25, 0.3) is 0 Å². The van der Waals surface area contributed by atoms with Gasteiger partial charge in [0.2, 0.25) is 11.7 Å². The molecule has 5 atom stereocenters. The molecule has 1 rings (SSSR count). The van der Waals surface area contributed by atoms with Crippen molar-refractivity contribution in [3.8, 4) is 0 Å². The molecule has 0 bridgehead atoms. The first-order chi connectivity index (χ1) is 16.3. The monoisotopic (exact) mass is 518 g/mol. The van der Waals surface area contributed by atoms with Crippen molar-refractivity contribution in [2.45, 2.75) is 64.6 Å². The van der Waals surface area contributed by atoms with Gasteiger partial charge < -0.3 is 39.5 Å². The summed E-state index contributed by atoms with van der Waals surface area (Å²) in [5.74, 6) is -3.98. The lowest BCUT2D eigenvalue weighted by atomic mass is 9.93. The summed E-state index contributed by atoms with van der Waals surface area (Å²) in [6.07, 6.45) is -3.71. The van der Waals surface area contributed by atoms with Gasteiger partial charge in [0.15, 0.2) is 18.3 Å². The summed E-state index contributed by atoms with van der Waals surface area (Å²) in [6, 6.07) is -1.06. The van der Waals surface area contributed by atoms with E-state index in [0.29, 0.717) is 0 Å². The largest absolute Gasteiger partial charge is 0.477 e. The molecule has 13 nitrogen and oxygen atoms in total. The quantitative estimate of drug-likeness (QED) is 0.191. The van der Waals surface area contributed by atoms with Crippen LogP contribution >= 0.6 is 12.2 Å². The number of nitrogens with one attached hydrogen (secondary N) is 1. The van der Waals surface area contributed by atoms with Gasteiger partial charge in [-0.15, -0.1) is 0 Å². The first-order valence-corrected chi connectivity index (χ1v) is 10.9. The molecule has 0 aromatic rings. The van der Waals surface area contributed by atoms with Crippen LogP contribution in [0.1, 0.15) is 34.1 Å². The molecule has 1 aliphatic rings. The van der Waals surface area contributed by atoms with Crippen LogP contribution in [0.2, 0.25) is 0 Å². The predicted octanol–water partition coefficient (Wildman–Crippen LogP) is -0.565. The standard InChI is InChI=1S/C21H30N2O11S/c1-10(24)23-18-14(30-7-6-17(22)35)8-15(21(28)29-5)34-20(18)19(33-13(4)27)16(32-12(3)26)9-31-11(2)25/h8,14,16,18-20H,6-7,9H2,1-5H3,(H2,22,35)(H,23,24)/t14?,16?,18?,19?,20-/m1/s1. The number of esters is 4. The number of carbonyl (C=O) groups is 5. The second kappa shape index (κ2) is 14.2. The van der Waals surface area contributed by atoms with E-state index in [1.54, 1.807) is 0 Å². The molecule has 0 aromatic heterocycles. The van der Waals surface area contributed by atoms with Gasteiger partial charge in [0.1, 0.15) is 12.7 Å². The summed E-state index contributed by atoms with van der Waals surface area (Å²) in [5, 5.41) is 2.64. The van der Waals surface area contributed by atoms with E-state index in [4.69, 9.17) is 46.4 Å². The molecule has 4 unspecified atom stereocenters. The zero-order valence-corrected chi connectivity index (χ0v) is 20.9. The van der Waals surface area contributed by atoms with E-state index in [9.17, 15) is 24.0 Å². The zero-order valence-electron chi connectivity index (χ0n) is 20.1. The van der Waals surface area contributed by atoms with Crippen molar-refractivity contribution in [1.82, 2.24) is 5.32 Å². The van der Waals surface area contributed by atoms with Gasteiger partial charge in [-0.05, 0) is 6.08 Å². The van der Waals surface area contributed by atoms with Crippen LogP contribution in [0.5, 0.6) is 0 Å². The molecule has 0 saturated carbocycles. The van der Waals surface area contributed by atoms with Gasteiger partial charge in [-0.3, -0.25) is 19.2 Å². The number of ether oxygens (including phenoxy) is 6. The molecule has 1 amide bonds. The van der Waals surface area contributed by atoms with E-state index in [0.717, 1.165) is 27.9 Å².